The number of hydrogen-bond donors (Lipinski definition) is 2. The third-order valence-electron chi connectivity index (χ3n) is 2.73. The van der Waals surface area contributed by atoms with Crippen LogP contribution in [0.2, 0.25) is 0 Å². The molecule has 0 saturated heterocycles. The summed E-state index contributed by atoms with van der Waals surface area (Å²) in [4.78, 5) is 10.4. The van der Waals surface area contributed by atoms with Crippen LogP contribution < -0.4 is 10.5 Å². The summed E-state index contributed by atoms with van der Waals surface area (Å²) in [5.74, 6) is 0.813. The Kier molecular flexibility index (Phi) is 3.21. The molecule has 2 heterocycles. The van der Waals surface area contributed by atoms with Gasteiger partial charge >= 0.3 is 0 Å². The second-order valence-electron chi connectivity index (χ2n) is 3.77. The second kappa shape index (κ2) is 4.63. The van der Waals surface area contributed by atoms with Crippen molar-refractivity contribution in [1.82, 2.24) is 14.9 Å². The van der Waals surface area contributed by atoms with Crippen LogP contribution in [0.4, 0.5) is 5.95 Å². The average molecular weight is 224 g/mol. The van der Waals surface area contributed by atoms with Gasteiger partial charge in [-0.1, -0.05) is 0 Å². The van der Waals surface area contributed by atoms with Crippen LogP contribution in [0.1, 0.15) is 11.3 Å². The number of methoxy groups -OCH3 is 1. The summed E-state index contributed by atoms with van der Waals surface area (Å²) >= 11 is 0. The van der Waals surface area contributed by atoms with Crippen molar-refractivity contribution in [2.24, 2.45) is 0 Å². The number of aromatic nitrogens is 2. The monoisotopic (exact) mass is 224 g/mol. The van der Waals surface area contributed by atoms with Gasteiger partial charge in [0.25, 0.3) is 0 Å². The number of nitrogen functional groups attached to an aromatic ring is 1. The molecule has 1 aliphatic heterocycles. The molecule has 3 N–H and O–H groups in total. The lowest BCUT2D eigenvalue weighted by Gasteiger charge is -2.27. The summed E-state index contributed by atoms with van der Waals surface area (Å²) in [6, 6.07) is 0. The minimum absolute atomic E-state index is 0.160. The number of aliphatic hydroxyl groups excluding tert-OH is 1. The Bertz CT molecular complexity index is 383. The number of β-amino-alcohol motifs (C(OH)–C–C–N with tert-alkyl or cyclic N) is 1. The largest absolute Gasteiger partial charge is 0.481 e. The van der Waals surface area contributed by atoms with Crippen molar-refractivity contribution < 1.29 is 9.84 Å². The predicted octanol–water partition coefficient (Wildman–Crippen LogP) is -0.582. The van der Waals surface area contributed by atoms with E-state index in [0.717, 1.165) is 24.2 Å². The minimum Gasteiger partial charge on any atom is -0.481 e. The van der Waals surface area contributed by atoms with Gasteiger partial charge in [0.1, 0.15) is 0 Å². The molecule has 1 aliphatic rings. The van der Waals surface area contributed by atoms with Gasteiger partial charge in [-0.05, 0) is 6.42 Å². The molecular formula is C10H16N4O2. The van der Waals surface area contributed by atoms with Gasteiger partial charge in [-0.25, -0.2) is 4.98 Å². The number of nitrogens with two attached hydrogens (primary N) is 1. The molecule has 0 aliphatic carbocycles. The molecule has 0 saturated carbocycles. The number of aliphatic hydroxyl groups is 1. The number of nitrogens with zero attached hydrogens (tertiary/aromatic N) is 3. The maximum Gasteiger partial charge on any atom is 0.223 e. The number of hydrogen-bond acceptors (Lipinski definition) is 6. The highest BCUT2D eigenvalue weighted by atomic mass is 16.5. The van der Waals surface area contributed by atoms with E-state index in [1.165, 1.54) is 0 Å². The molecule has 1 aromatic heterocycles. The molecule has 16 heavy (non-hydrogen) atoms. The first-order chi connectivity index (χ1) is 7.74. The first-order valence-electron chi connectivity index (χ1n) is 5.27. The highest BCUT2D eigenvalue weighted by Crippen LogP contribution is 2.25. The van der Waals surface area contributed by atoms with E-state index in [4.69, 9.17) is 15.6 Å². The van der Waals surface area contributed by atoms with Gasteiger partial charge in [-0.3, -0.25) is 4.90 Å². The van der Waals surface area contributed by atoms with E-state index in [0.29, 0.717) is 19.0 Å². The van der Waals surface area contributed by atoms with Crippen molar-refractivity contribution >= 4 is 5.95 Å². The Morgan fingerprint density at radius 1 is 1.50 bits per heavy atom. The molecule has 6 heteroatoms. The molecule has 0 atom stereocenters. The third kappa shape index (κ3) is 2.07. The van der Waals surface area contributed by atoms with Gasteiger partial charge < -0.3 is 15.6 Å². The van der Waals surface area contributed by atoms with Crippen molar-refractivity contribution in [3.05, 3.63) is 11.3 Å². The normalized spacial score (nSPS) is 15.9. The van der Waals surface area contributed by atoms with Gasteiger partial charge in [0, 0.05) is 25.2 Å². The molecule has 0 amide bonds. The molecular weight excluding hydrogens is 208 g/mol. The highest BCUT2D eigenvalue weighted by Gasteiger charge is 2.21. The van der Waals surface area contributed by atoms with Crippen molar-refractivity contribution in [2.45, 2.75) is 13.0 Å². The van der Waals surface area contributed by atoms with Gasteiger partial charge in [0.05, 0.1) is 19.4 Å². The summed E-state index contributed by atoms with van der Waals surface area (Å²) in [7, 11) is 1.59. The zero-order valence-corrected chi connectivity index (χ0v) is 9.31. The van der Waals surface area contributed by atoms with Crippen molar-refractivity contribution in [2.75, 3.05) is 32.5 Å². The van der Waals surface area contributed by atoms with E-state index in [9.17, 15) is 0 Å². The van der Waals surface area contributed by atoms with Crippen LogP contribution in [0, 0.1) is 0 Å². The molecule has 0 bridgehead atoms. The zero-order valence-electron chi connectivity index (χ0n) is 9.31. The third-order valence-corrected chi connectivity index (χ3v) is 2.73. The Morgan fingerprint density at radius 3 is 3.00 bits per heavy atom. The van der Waals surface area contributed by atoms with Crippen LogP contribution in [0.5, 0.6) is 5.88 Å². The number of rotatable bonds is 3. The molecule has 0 fully saturated rings. The first kappa shape index (κ1) is 11.1. The number of ether oxygens (including phenoxy) is 1. The Morgan fingerprint density at radius 2 is 2.31 bits per heavy atom. The van der Waals surface area contributed by atoms with E-state index >= 15 is 0 Å². The van der Waals surface area contributed by atoms with Crippen molar-refractivity contribution in [3.63, 3.8) is 0 Å². The van der Waals surface area contributed by atoms with Gasteiger partial charge in [0.15, 0.2) is 0 Å². The lowest BCUT2D eigenvalue weighted by Crippen LogP contribution is -2.34. The Balaban J connectivity index is 2.27. The van der Waals surface area contributed by atoms with Crippen LogP contribution >= 0.6 is 0 Å². The molecule has 0 spiro atoms. The van der Waals surface area contributed by atoms with Crippen molar-refractivity contribution in [1.29, 1.82) is 0 Å². The maximum absolute atomic E-state index is 8.90. The quantitative estimate of drug-likeness (QED) is 0.714. The van der Waals surface area contributed by atoms with E-state index in [1.54, 1.807) is 7.11 Å². The summed E-state index contributed by atoms with van der Waals surface area (Å²) in [5.41, 5.74) is 7.55. The fraction of sp³-hybridized carbons (Fsp3) is 0.600. The van der Waals surface area contributed by atoms with E-state index in [2.05, 4.69) is 14.9 Å². The summed E-state index contributed by atoms with van der Waals surface area (Å²) in [6.45, 7) is 2.40. The second-order valence-corrected chi connectivity index (χ2v) is 3.77. The number of fused-ring (bicyclic) bond motifs is 1. The molecule has 1 aromatic rings. The fourth-order valence-electron chi connectivity index (χ4n) is 1.97. The minimum atomic E-state index is 0.160. The van der Waals surface area contributed by atoms with E-state index in [-0.39, 0.29) is 12.6 Å². The van der Waals surface area contributed by atoms with Crippen LogP contribution in [0.15, 0.2) is 0 Å². The van der Waals surface area contributed by atoms with E-state index in [1.807, 2.05) is 0 Å². The topological polar surface area (TPSA) is 84.5 Å². The number of anilines is 1. The standard InChI is InChI=1S/C10H16N4O2/c1-16-9-7-2-3-14(4-5-15)6-8(7)12-10(11)13-9/h15H,2-6H2,1H3,(H2,11,12,13). The van der Waals surface area contributed by atoms with Crippen LogP contribution in [-0.2, 0) is 13.0 Å². The Hall–Kier alpha value is -1.40. The average Bonchev–Trinajstić information content (AvgIpc) is 2.27. The molecule has 6 nitrogen and oxygen atoms in total. The van der Waals surface area contributed by atoms with Crippen molar-refractivity contribution in [3.8, 4) is 5.88 Å². The van der Waals surface area contributed by atoms with Crippen LogP contribution in [0.25, 0.3) is 0 Å². The summed E-state index contributed by atoms with van der Waals surface area (Å²) in [6.07, 6.45) is 0.832. The predicted molar refractivity (Wildman–Crippen MR) is 59.1 cm³/mol. The first-order valence-corrected chi connectivity index (χ1v) is 5.27. The molecule has 2 rings (SSSR count). The highest BCUT2D eigenvalue weighted by molar-refractivity contribution is 5.37. The lowest BCUT2D eigenvalue weighted by molar-refractivity contribution is 0.181. The van der Waals surface area contributed by atoms with Gasteiger partial charge in [0.2, 0.25) is 11.8 Å². The zero-order chi connectivity index (χ0) is 11.5. The lowest BCUT2D eigenvalue weighted by atomic mass is 10.1. The van der Waals surface area contributed by atoms with Crippen LogP contribution in [-0.4, -0.2) is 46.8 Å². The smallest absolute Gasteiger partial charge is 0.223 e. The molecule has 88 valence electrons. The maximum atomic E-state index is 8.90. The molecule has 0 aromatic carbocycles. The fourth-order valence-corrected chi connectivity index (χ4v) is 1.97. The van der Waals surface area contributed by atoms with E-state index < -0.39 is 0 Å². The SMILES string of the molecule is COc1nc(N)nc2c1CCN(CCO)C2. The van der Waals surface area contributed by atoms with Gasteiger partial charge in [-0.15, -0.1) is 0 Å². The Labute approximate surface area is 94.1 Å². The summed E-state index contributed by atoms with van der Waals surface area (Å²) in [5, 5.41) is 8.90. The summed E-state index contributed by atoms with van der Waals surface area (Å²) < 4.78 is 5.19. The van der Waals surface area contributed by atoms with Gasteiger partial charge in [-0.2, -0.15) is 4.98 Å². The van der Waals surface area contributed by atoms with Crippen LogP contribution in [0.3, 0.4) is 0 Å². The molecule has 0 unspecified atom stereocenters. The molecule has 0 radical (unpaired) electrons.